The van der Waals surface area contributed by atoms with Crippen LogP contribution in [-0.2, 0) is 0 Å². The number of hydrazine groups is 1. The second-order valence-corrected chi connectivity index (χ2v) is 3.38. The number of nitrogens with zero attached hydrogens (tertiary/aromatic N) is 1. The Kier molecular flexibility index (Phi) is 4.53. The van der Waals surface area contributed by atoms with E-state index in [4.69, 9.17) is 12.2 Å². The maximum absolute atomic E-state index is 4.92. The summed E-state index contributed by atoms with van der Waals surface area (Å²) in [5, 5.41) is 3.41. The first-order valence-corrected chi connectivity index (χ1v) is 5.01. The standard InChI is InChI=1S/C8H16N4S/c1-9-8(13)12-11-7-5-3-2-4-6-10-7/h2-6H2,1H3,(H,10,11)(H2,9,12,13). The number of amidine groups is 1. The quantitative estimate of drug-likeness (QED) is 0.395. The van der Waals surface area contributed by atoms with E-state index in [-0.39, 0.29) is 0 Å². The number of nitrogens with one attached hydrogen (secondary N) is 3. The van der Waals surface area contributed by atoms with Crippen LogP contribution < -0.4 is 16.2 Å². The molecule has 1 aliphatic rings. The minimum atomic E-state index is 0.590. The summed E-state index contributed by atoms with van der Waals surface area (Å²) in [4.78, 5) is 4.39. The van der Waals surface area contributed by atoms with Gasteiger partial charge in [0.2, 0.25) is 0 Å². The average molecular weight is 200 g/mol. The van der Waals surface area contributed by atoms with Crippen molar-refractivity contribution in [3.63, 3.8) is 0 Å². The fraction of sp³-hybridized carbons (Fsp3) is 0.750. The Morgan fingerprint density at radius 1 is 1.38 bits per heavy atom. The van der Waals surface area contributed by atoms with E-state index < -0.39 is 0 Å². The van der Waals surface area contributed by atoms with Gasteiger partial charge in [0, 0.05) is 20.0 Å². The van der Waals surface area contributed by atoms with Gasteiger partial charge in [0.15, 0.2) is 5.11 Å². The van der Waals surface area contributed by atoms with E-state index in [1.165, 1.54) is 19.3 Å². The summed E-state index contributed by atoms with van der Waals surface area (Å²) in [7, 11) is 1.78. The maximum Gasteiger partial charge on any atom is 0.184 e. The van der Waals surface area contributed by atoms with E-state index in [1.807, 2.05) is 0 Å². The van der Waals surface area contributed by atoms with Crippen LogP contribution in [0.15, 0.2) is 4.99 Å². The first-order chi connectivity index (χ1) is 6.33. The molecule has 0 fully saturated rings. The normalized spacial score (nSPS) is 16.8. The Balaban J connectivity index is 2.26. The van der Waals surface area contributed by atoms with E-state index in [1.54, 1.807) is 7.05 Å². The monoisotopic (exact) mass is 200 g/mol. The largest absolute Gasteiger partial charge is 0.364 e. The molecule has 13 heavy (non-hydrogen) atoms. The van der Waals surface area contributed by atoms with Gasteiger partial charge < -0.3 is 5.32 Å². The number of hydrogen-bond acceptors (Lipinski definition) is 3. The summed E-state index contributed by atoms with van der Waals surface area (Å²) in [6.45, 7) is 0.927. The van der Waals surface area contributed by atoms with Gasteiger partial charge in [0.25, 0.3) is 0 Å². The summed E-state index contributed by atoms with van der Waals surface area (Å²) in [6.07, 6.45) is 4.69. The predicted molar refractivity (Wildman–Crippen MR) is 58.7 cm³/mol. The second kappa shape index (κ2) is 5.75. The molecule has 0 atom stereocenters. The molecule has 1 heterocycles. The SMILES string of the molecule is CNC(=S)NNC1=NCCCCC1. The highest BCUT2D eigenvalue weighted by atomic mass is 32.1. The van der Waals surface area contributed by atoms with Gasteiger partial charge >= 0.3 is 0 Å². The topological polar surface area (TPSA) is 48.4 Å². The third-order valence-corrected chi connectivity index (χ3v) is 2.23. The molecule has 0 spiro atoms. The van der Waals surface area contributed by atoms with Crippen LogP contribution in [0.3, 0.4) is 0 Å². The van der Waals surface area contributed by atoms with Gasteiger partial charge in [0.1, 0.15) is 5.84 Å². The van der Waals surface area contributed by atoms with Gasteiger partial charge in [-0.2, -0.15) is 0 Å². The minimum absolute atomic E-state index is 0.590. The molecule has 3 N–H and O–H groups in total. The van der Waals surface area contributed by atoms with Crippen LogP contribution in [-0.4, -0.2) is 24.5 Å². The van der Waals surface area contributed by atoms with Crippen molar-refractivity contribution in [1.29, 1.82) is 0 Å². The smallest absolute Gasteiger partial charge is 0.184 e. The summed E-state index contributed by atoms with van der Waals surface area (Å²) in [5.74, 6) is 1.01. The van der Waals surface area contributed by atoms with Gasteiger partial charge in [0.05, 0.1) is 0 Å². The van der Waals surface area contributed by atoms with Crippen molar-refractivity contribution in [3.8, 4) is 0 Å². The van der Waals surface area contributed by atoms with Crippen LogP contribution in [0.2, 0.25) is 0 Å². The number of rotatable bonds is 0. The summed E-state index contributed by atoms with van der Waals surface area (Å²) < 4.78 is 0. The zero-order chi connectivity index (χ0) is 9.52. The zero-order valence-electron chi connectivity index (χ0n) is 7.89. The predicted octanol–water partition coefficient (Wildman–Crippen LogP) is 0.557. The number of aliphatic imine (C=N–C) groups is 1. The van der Waals surface area contributed by atoms with Crippen molar-refractivity contribution >= 4 is 23.2 Å². The fourth-order valence-electron chi connectivity index (χ4n) is 1.17. The highest BCUT2D eigenvalue weighted by molar-refractivity contribution is 7.80. The highest BCUT2D eigenvalue weighted by Crippen LogP contribution is 2.05. The van der Waals surface area contributed by atoms with Crippen LogP contribution in [0, 0.1) is 0 Å². The van der Waals surface area contributed by atoms with Crippen molar-refractivity contribution in [2.24, 2.45) is 4.99 Å². The Bertz CT molecular complexity index is 202. The average Bonchev–Trinajstić information content (AvgIpc) is 2.42. The lowest BCUT2D eigenvalue weighted by molar-refractivity contribution is 0.726. The Morgan fingerprint density at radius 3 is 3.00 bits per heavy atom. The fourth-order valence-corrected chi connectivity index (χ4v) is 1.22. The molecule has 0 unspecified atom stereocenters. The van der Waals surface area contributed by atoms with E-state index in [0.29, 0.717) is 5.11 Å². The summed E-state index contributed by atoms with van der Waals surface area (Å²) in [5.41, 5.74) is 5.88. The molecule has 0 amide bonds. The number of hydrogen-bond donors (Lipinski definition) is 3. The Hall–Kier alpha value is -0.840. The molecule has 5 heteroatoms. The summed E-state index contributed by atoms with van der Waals surface area (Å²) in [6, 6.07) is 0. The van der Waals surface area contributed by atoms with E-state index >= 15 is 0 Å². The maximum atomic E-state index is 4.92. The van der Waals surface area contributed by atoms with E-state index in [2.05, 4.69) is 21.2 Å². The lowest BCUT2D eigenvalue weighted by atomic mass is 10.2. The van der Waals surface area contributed by atoms with Gasteiger partial charge in [-0.1, -0.05) is 6.42 Å². The molecule has 74 valence electrons. The molecule has 0 saturated heterocycles. The molecule has 0 saturated carbocycles. The lowest BCUT2D eigenvalue weighted by Crippen LogP contribution is -2.45. The van der Waals surface area contributed by atoms with Crippen LogP contribution in [0.4, 0.5) is 0 Å². The number of thiocarbonyl (C=S) groups is 1. The Labute approximate surface area is 84.2 Å². The highest BCUT2D eigenvalue weighted by Gasteiger charge is 2.02. The molecule has 1 aliphatic heterocycles. The summed E-state index contributed by atoms with van der Waals surface area (Å²) >= 11 is 4.92. The molecule has 0 radical (unpaired) electrons. The zero-order valence-corrected chi connectivity index (χ0v) is 8.71. The molecule has 0 aromatic rings. The van der Waals surface area contributed by atoms with Crippen molar-refractivity contribution in [2.45, 2.75) is 25.7 Å². The van der Waals surface area contributed by atoms with Gasteiger partial charge in [-0.25, -0.2) is 0 Å². The van der Waals surface area contributed by atoms with Crippen molar-refractivity contribution in [2.75, 3.05) is 13.6 Å². The molecule has 0 aromatic heterocycles. The van der Waals surface area contributed by atoms with Gasteiger partial charge in [-0.3, -0.25) is 15.8 Å². The van der Waals surface area contributed by atoms with Crippen molar-refractivity contribution in [1.82, 2.24) is 16.2 Å². The van der Waals surface area contributed by atoms with Crippen LogP contribution in [0.1, 0.15) is 25.7 Å². The molecular formula is C8H16N4S. The minimum Gasteiger partial charge on any atom is -0.364 e. The molecule has 1 rings (SSSR count). The molecule has 0 aromatic carbocycles. The molecule has 0 bridgehead atoms. The van der Waals surface area contributed by atoms with Crippen LogP contribution >= 0.6 is 12.2 Å². The second-order valence-electron chi connectivity index (χ2n) is 2.97. The van der Waals surface area contributed by atoms with E-state index in [0.717, 1.165) is 18.8 Å². The Morgan fingerprint density at radius 2 is 2.23 bits per heavy atom. The first kappa shape index (κ1) is 10.2. The van der Waals surface area contributed by atoms with Crippen LogP contribution in [0.5, 0.6) is 0 Å². The third-order valence-electron chi connectivity index (χ3n) is 1.92. The third kappa shape index (κ3) is 4.07. The lowest BCUT2D eigenvalue weighted by Gasteiger charge is -2.10. The molecule has 4 nitrogen and oxygen atoms in total. The van der Waals surface area contributed by atoms with Crippen molar-refractivity contribution < 1.29 is 0 Å². The van der Waals surface area contributed by atoms with Crippen molar-refractivity contribution in [3.05, 3.63) is 0 Å². The molecule has 0 aliphatic carbocycles. The molecular weight excluding hydrogens is 184 g/mol. The van der Waals surface area contributed by atoms with Gasteiger partial charge in [-0.15, -0.1) is 0 Å². The van der Waals surface area contributed by atoms with E-state index in [9.17, 15) is 0 Å². The van der Waals surface area contributed by atoms with Gasteiger partial charge in [-0.05, 0) is 25.1 Å². The van der Waals surface area contributed by atoms with Crippen LogP contribution in [0.25, 0.3) is 0 Å². The first-order valence-electron chi connectivity index (χ1n) is 4.60.